The lowest BCUT2D eigenvalue weighted by molar-refractivity contribution is 0.386. The highest BCUT2D eigenvalue weighted by atomic mass is 19.1. The molecular formula is C20H25FN6O. The van der Waals surface area contributed by atoms with Crippen molar-refractivity contribution < 1.29 is 9.13 Å². The Labute approximate surface area is 163 Å². The Hall–Kier alpha value is -3.16. The maximum absolute atomic E-state index is 14.0. The number of hydrogen-bond donors (Lipinski definition) is 2. The van der Waals surface area contributed by atoms with Gasteiger partial charge in [0.2, 0.25) is 0 Å². The number of halogens is 1. The number of benzene rings is 1. The zero-order chi connectivity index (χ0) is 19.9. The lowest BCUT2D eigenvalue weighted by Gasteiger charge is -2.18. The SMILES string of the molecule is CCNC(=NCCc1nnc2ccccn12)NC(C)c1ccc(OC)c(F)c1. The lowest BCUT2D eigenvalue weighted by Crippen LogP contribution is -2.39. The maximum atomic E-state index is 14.0. The van der Waals surface area contributed by atoms with Gasteiger partial charge in [0.25, 0.3) is 0 Å². The maximum Gasteiger partial charge on any atom is 0.191 e. The highest BCUT2D eigenvalue weighted by Crippen LogP contribution is 2.21. The van der Waals surface area contributed by atoms with Crippen LogP contribution in [0.3, 0.4) is 0 Å². The van der Waals surface area contributed by atoms with E-state index in [1.54, 1.807) is 6.07 Å². The molecule has 2 heterocycles. The fourth-order valence-corrected chi connectivity index (χ4v) is 2.89. The number of guanidine groups is 1. The van der Waals surface area contributed by atoms with Crippen LogP contribution in [0.5, 0.6) is 5.75 Å². The third-order valence-electron chi connectivity index (χ3n) is 4.36. The molecule has 0 saturated carbocycles. The molecule has 7 nitrogen and oxygen atoms in total. The molecule has 2 N–H and O–H groups in total. The molecule has 0 bridgehead atoms. The quantitative estimate of drug-likeness (QED) is 0.484. The fraction of sp³-hybridized carbons (Fsp3) is 0.350. The van der Waals surface area contributed by atoms with Crippen LogP contribution < -0.4 is 15.4 Å². The smallest absolute Gasteiger partial charge is 0.191 e. The summed E-state index contributed by atoms with van der Waals surface area (Å²) >= 11 is 0. The van der Waals surface area contributed by atoms with Crippen LogP contribution in [0.2, 0.25) is 0 Å². The Morgan fingerprint density at radius 3 is 2.89 bits per heavy atom. The summed E-state index contributed by atoms with van der Waals surface area (Å²) in [5, 5.41) is 14.9. The predicted molar refractivity (Wildman–Crippen MR) is 107 cm³/mol. The molecular weight excluding hydrogens is 359 g/mol. The Morgan fingerprint density at radius 2 is 2.14 bits per heavy atom. The second kappa shape index (κ2) is 9.16. The van der Waals surface area contributed by atoms with Gasteiger partial charge in [-0.1, -0.05) is 12.1 Å². The number of aliphatic imine (C=N–C) groups is 1. The van der Waals surface area contributed by atoms with Gasteiger partial charge in [0, 0.05) is 25.7 Å². The number of rotatable bonds is 7. The Balaban J connectivity index is 1.66. The molecule has 0 aliphatic rings. The molecule has 1 aromatic carbocycles. The summed E-state index contributed by atoms with van der Waals surface area (Å²) in [6, 6.07) is 10.6. The average Bonchev–Trinajstić information content (AvgIpc) is 3.11. The molecule has 0 fully saturated rings. The molecule has 0 amide bonds. The molecule has 0 radical (unpaired) electrons. The van der Waals surface area contributed by atoms with Crippen LogP contribution in [0.4, 0.5) is 4.39 Å². The van der Waals surface area contributed by atoms with Crippen LogP contribution >= 0.6 is 0 Å². The lowest BCUT2D eigenvalue weighted by atomic mass is 10.1. The second-order valence-corrected chi connectivity index (χ2v) is 6.32. The van der Waals surface area contributed by atoms with E-state index in [1.165, 1.54) is 13.2 Å². The average molecular weight is 384 g/mol. The van der Waals surface area contributed by atoms with Gasteiger partial charge in [-0.15, -0.1) is 10.2 Å². The molecule has 148 valence electrons. The van der Waals surface area contributed by atoms with Gasteiger partial charge in [0.05, 0.1) is 13.2 Å². The van der Waals surface area contributed by atoms with E-state index in [4.69, 9.17) is 4.74 Å². The van der Waals surface area contributed by atoms with Crippen LogP contribution in [0, 0.1) is 5.82 Å². The van der Waals surface area contributed by atoms with E-state index in [9.17, 15) is 4.39 Å². The van der Waals surface area contributed by atoms with Gasteiger partial charge < -0.3 is 15.4 Å². The first-order valence-corrected chi connectivity index (χ1v) is 9.29. The van der Waals surface area contributed by atoms with Crippen LogP contribution in [0.15, 0.2) is 47.6 Å². The summed E-state index contributed by atoms with van der Waals surface area (Å²) in [7, 11) is 1.45. The molecule has 3 aromatic rings. The first kappa shape index (κ1) is 19.6. The summed E-state index contributed by atoms with van der Waals surface area (Å²) in [6.45, 7) is 5.24. The van der Waals surface area contributed by atoms with E-state index in [0.29, 0.717) is 18.9 Å². The number of nitrogens with zero attached hydrogens (tertiary/aromatic N) is 4. The van der Waals surface area contributed by atoms with E-state index in [0.717, 1.165) is 23.6 Å². The summed E-state index contributed by atoms with van der Waals surface area (Å²) in [6.07, 6.45) is 2.60. The number of fused-ring (bicyclic) bond motifs is 1. The summed E-state index contributed by atoms with van der Waals surface area (Å²) < 4.78 is 20.9. The van der Waals surface area contributed by atoms with Gasteiger partial charge in [-0.2, -0.15) is 0 Å². The molecule has 8 heteroatoms. The van der Waals surface area contributed by atoms with Crippen molar-refractivity contribution in [1.82, 2.24) is 25.2 Å². The van der Waals surface area contributed by atoms with Gasteiger partial charge in [0.15, 0.2) is 23.2 Å². The number of ether oxygens (including phenoxy) is 1. The third-order valence-corrected chi connectivity index (χ3v) is 4.36. The van der Waals surface area contributed by atoms with Crippen molar-refractivity contribution in [1.29, 1.82) is 0 Å². The largest absolute Gasteiger partial charge is 0.494 e. The fourth-order valence-electron chi connectivity index (χ4n) is 2.89. The van der Waals surface area contributed by atoms with Crippen molar-refractivity contribution in [2.45, 2.75) is 26.3 Å². The minimum absolute atomic E-state index is 0.118. The highest BCUT2D eigenvalue weighted by molar-refractivity contribution is 5.80. The number of pyridine rings is 1. The van der Waals surface area contributed by atoms with Crippen molar-refractivity contribution in [3.8, 4) is 5.75 Å². The number of methoxy groups -OCH3 is 1. The number of nitrogens with one attached hydrogen (secondary N) is 2. The summed E-state index contributed by atoms with van der Waals surface area (Å²) in [5.41, 5.74) is 1.63. The normalized spacial score (nSPS) is 12.8. The topological polar surface area (TPSA) is 75.8 Å². The molecule has 1 atom stereocenters. The molecule has 0 aliphatic heterocycles. The van der Waals surface area contributed by atoms with Gasteiger partial charge in [-0.25, -0.2) is 4.39 Å². The van der Waals surface area contributed by atoms with Crippen molar-refractivity contribution >= 4 is 11.6 Å². The van der Waals surface area contributed by atoms with E-state index in [-0.39, 0.29) is 17.6 Å². The van der Waals surface area contributed by atoms with Gasteiger partial charge >= 0.3 is 0 Å². The highest BCUT2D eigenvalue weighted by Gasteiger charge is 2.11. The number of hydrogen-bond acceptors (Lipinski definition) is 4. The van der Waals surface area contributed by atoms with Crippen molar-refractivity contribution in [2.75, 3.05) is 20.2 Å². The van der Waals surface area contributed by atoms with E-state index >= 15 is 0 Å². The first-order chi connectivity index (χ1) is 13.6. The molecule has 28 heavy (non-hydrogen) atoms. The van der Waals surface area contributed by atoms with Crippen molar-refractivity contribution in [2.24, 2.45) is 4.99 Å². The van der Waals surface area contributed by atoms with Crippen LogP contribution in [0.1, 0.15) is 31.3 Å². The molecule has 0 saturated heterocycles. The Morgan fingerprint density at radius 1 is 1.29 bits per heavy atom. The zero-order valence-corrected chi connectivity index (χ0v) is 16.3. The Kier molecular flexibility index (Phi) is 6.41. The number of aromatic nitrogens is 3. The third kappa shape index (κ3) is 4.57. The van der Waals surface area contributed by atoms with E-state index < -0.39 is 0 Å². The molecule has 1 unspecified atom stereocenters. The molecule has 3 rings (SSSR count). The van der Waals surface area contributed by atoms with Gasteiger partial charge in [-0.3, -0.25) is 9.39 Å². The predicted octanol–water partition coefficient (Wildman–Crippen LogP) is 2.74. The van der Waals surface area contributed by atoms with Crippen molar-refractivity contribution in [3.05, 3.63) is 59.8 Å². The minimum atomic E-state index is -0.380. The summed E-state index contributed by atoms with van der Waals surface area (Å²) in [5.74, 6) is 1.38. The standard InChI is InChI=1S/C20H25FN6O/c1-4-22-20(24-14(2)15-8-9-17(28-3)16(21)13-15)23-11-10-19-26-25-18-7-5-6-12-27(18)19/h5-9,12-14H,4,10-11H2,1-3H3,(H2,22,23,24). The second-order valence-electron chi connectivity index (χ2n) is 6.32. The molecule has 0 aliphatic carbocycles. The minimum Gasteiger partial charge on any atom is -0.494 e. The molecule has 0 spiro atoms. The van der Waals surface area contributed by atoms with Crippen molar-refractivity contribution in [3.63, 3.8) is 0 Å². The van der Waals surface area contributed by atoms with Gasteiger partial charge in [-0.05, 0) is 43.7 Å². The van der Waals surface area contributed by atoms with E-state index in [2.05, 4.69) is 25.8 Å². The Bertz CT molecular complexity index is 955. The van der Waals surface area contributed by atoms with E-state index in [1.807, 2.05) is 48.7 Å². The first-order valence-electron chi connectivity index (χ1n) is 9.29. The summed E-state index contributed by atoms with van der Waals surface area (Å²) in [4.78, 5) is 4.61. The van der Waals surface area contributed by atoms with Crippen LogP contribution in [0.25, 0.3) is 5.65 Å². The van der Waals surface area contributed by atoms with Crippen LogP contribution in [-0.4, -0.2) is 40.8 Å². The zero-order valence-electron chi connectivity index (χ0n) is 16.3. The molecule has 2 aromatic heterocycles. The monoisotopic (exact) mass is 384 g/mol. The van der Waals surface area contributed by atoms with Gasteiger partial charge in [0.1, 0.15) is 5.82 Å². The van der Waals surface area contributed by atoms with Crippen LogP contribution in [-0.2, 0) is 6.42 Å².